The zero-order valence-electron chi connectivity index (χ0n) is 27.9. The van der Waals surface area contributed by atoms with E-state index in [4.69, 9.17) is 19.9 Å². The van der Waals surface area contributed by atoms with Crippen LogP contribution in [-0.4, -0.2) is 24.9 Å². The number of hydrogen-bond acceptors (Lipinski definition) is 5. The first-order valence-electron chi connectivity index (χ1n) is 17.0. The van der Waals surface area contributed by atoms with E-state index < -0.39 is 0 Å². The van der Waals surface area contributed by atoms with Crippen molar-refractivity contribution in [2.45, 2.75) is 6.92 Å². The lowest BCUT2D eigenvalue weighted by atomic mass is 9.98. The van der Waals surface area contributed by atoms with Gasteiger partial charge in [0.1, 0.15) is 0 Å². The maximum Gasteiger partial charge on any atom is 0.160 e. The van der Waals surface area contributed by atoms with Crippen LogP contribution in [0, 0.1) is 6.92 Å². The molecule has 0 amide bonds. The van der Waals surface area contributed by atoms with Crippen LogP contribution in [-0.2, 0) is 0 Å². The molecule has 4 aromatic heterocycles. The lowest BCUT2D eigenvalue weighted by molar-refractivity contribution is 1.18. The van der Waals surface area contributed by atoms with Crippen LogP contribution in [0.2, 0.25) is 0 Å². The molecule has 9 rings (SSSR count). The summed E-state index contributed by atoms with van der Waals surface area (Å²) in [6.07, 6.45) is 3.61. The second-order valence-corrected chi connectivity index (χ2v) is 12.6. The highest BCUT2D eigenvalue weighted by Crippen LogP contribution is 2.33. The van der Waals surface area contributed by atoms with Gasteiger partial charge in [-0.25, -0.2) is 19.9 Å². The van der Waals surface area contributed by atoms with Crippen LogP contribution in [0.25, 0.3) is 89.4 Å². The minimum atomic E-state index is 0.669. The van der Waals surface area contributed by atoms with E-state index in [-0.39, 0.29) is 0 Å². The van der Waals surface area contributed by atoms with Gasteiger partial charge in [-0.15, -0.1) is 0 Å². The molecule has 9 aromatic rings. The van der Waals surface area contributed by atoms with Gasteiger partial charge in [-0.3, -0.25) is 4.98 Å². The molecule has 0 saturated carbocycles. The summed E-state index contributed by atoms with van der Waals surface area (Å²) in [5.41, 5.74) is 13.8. The molecule has 0 radical (unpaired) electrons. The molecule has 0 aliphatic rings. The molecule has 0 aliphatic heterocycles. The number of benzene rings is 5. The predicted octanol–water partition coefficient (Wildman–Crippen LogP) is 11.3. The predicted molar refractivity (Wildman–Crippen MR) is 208 cm³/mol. The van der Waals surface area contributed by atoms with Crippen LogP contribution >= 0.6 is 0 Å². The number of rotatable bonds is 6. The summed E-state index contributed by atoms with van der Waals surface area (Å²) >= 11 is 0. The highest BCUT2D eigenvalue weighted by atomic mass is 14.9. The van der Waals surface area contributed by atoms with Crippen LogP contribution < -0.4 is 0 Å². The van der Waals surface area contributed by atoms with E-state index >= 15 is 0 Å². The van der Waals surface area contributed by atoms with E-state index in [0.29, 0.717) is 5.82 Å². The molecule has 0 aliphatic carbocycles. The zero-order valence-corrected chi connectivity index (χ0v) is 27.9. The molecule has 0 atom stereocenters. The molecular formula is C46H31N5. The molecule has 0 N–H and O–H groups in total. The van der Waals surface area contributed by atoms with E-state index in [1.165, 1.54) is 5.56 Å². The van der Waals surface area contributed by atoms with Crippen LogP contribution in [0.1, 0.15) is 5.56 Å². The number of hydrogen-bond donors (Lipinski definition) is 0. The fourth-order valence-corrected chi connectivity index (χ4v) is 6.62. The Kier molecular flexibility index (Phi) is 7.63. The maximum absolute atomic E-state index is 5.24. The van der Waals surface area contributed by atoms with Gasteiger partial charge in [0.2, 0.25) is 0 Å². The Balaban J connectivity index is 1.08. The third-order valence-corrected chi connectivity index (χ3v) is 9.30. The number of aryl methyl sites for hydroxylation is 1. The molecule has 0 fully saturated rings. The highest BCUT2D eigenvalue weighted by Gasteiger charge is 2.14. The van der Waals surface area contributed by atoms with Gasteiger partial charge < -0.3 is 0 Å². The van der Waals surface area contributed by atoms with Crippen molar-refractivity contribution in [2.75, 3.05) is 0 Å². The van der Waals surface area contributed by atoms with E-state index in [0.717, 1.165) is 83.5 Å². The molecule has 0 spiro atoms. The molecule has 0 bridgehead atoms. The molecule has 5 heteroatoms. The van der Waals surface area contributed by atoms with E-state index in [1.54, 1.807) is 6.20 Å². The summed E-state index contributed by atoms with van der Waals surface area (Å²) in [6, 6.07) is 54.2. The zero-order chi connectivity index (χ0) is 34.1. The second kappa shape index (κ2) is 12.9. The summed E-state index contributed by atoms with van der Waals surface area (Å²) in [5, 5.41) is 2.19. The van der Waals surface area contributed by atoms with E-state index in [1.807, 2.05) is 60.8 Å². The third kappa shape index (κ3) is 5.91. The Hall–Kier alpha value is -6.85. The quantitative estimate of drug-likeness (QED) is 0.167. The van der Waals surface area contributed by atoms with Crippen LogP contribution in [0.3, 0.4) is 0 Å². The second-order valence-electron chi connectivity index (χ2n) is 12.6. The fraction of sp³-hybridized carbons (Fsp3) is 0.0217. The van der Waals surface area contributed by atoms with Crippen LogP contribution in [0.5, 0.6) is 0 Å². The van der Waals surface area contributed by atoms with Crippen molar-refractivity contribution in [1.29, 1.82) is 0 Å². The van der Waals surface area contributed by atoms with Crippen molar-refractivity contribution < 1.29 is 0 Å². The van der Waals surface area contributed by atoms with Crippen molar-refractivity contribution in [2.24, 2.45) is 0 Å². The summed E-state index contributed by atoms with van der Waals surface area (Å²) in [4.78, 5) is 24.6. The summed E-state index contributed by atoms with van der Waals surface area (Å²) < 4.78 is 0. The molecule has 5 nitrogen and oxygen atoms in total. The molecule has 240 valence electrons. The molecule has 4 heterocycles. The lowest BCUT2D eigenvalue weighted by Crippen LogP contribution is -1.96. The maximum atomic E-state index is 5.24. The Labute approximate surface area is 296 Å². The topological polar surface area (TPSA) is 64.5 Å². The minimum absolute atomic E-state index is 0.669. The number of nitrogens with zero attached hydrogens (tertiary/aromatic N) is 5. The standard InChI is InChI=1S/C46H31N5/c1-30-26-41(49-45-39(30)23-21-34-22-24-40(48-44(34)45)32-10-4-2-5-11-32)37-15-8-14-36(27-37)31-17-19-35(20-18-31)46-50-42(33-12-6-3-7-13-33)28-43(51-46)38-16-9-25-47-29-38/h2-29H,1H3. The Morgan fingerprint density at radius 2 is 0.980 bits per heavy atom. The van der Waals surface area contributed by atoms with E-state index in [2.05, 4.69) is 115 Å². The Morgan fingerprint density at radius 3 is 1.73 bits per heavy atom. The van der Waals surface area contributed by atoms with Gasteiger partial charge in [-0.1, -0.05) is 121 Å². The van der Waals surface area contributed by atoms with Crippen molar-refractivity contribution in [3.05, 3.63) is 176 Å². The monoisotopic (exact) mass is 653 g/mol. The largest absolute Gasteiger partial charge is 0.264 e. The highest BCUT2D eigenvalue weighted by molar-refractivity contribution is 6.05. The molecule has 0 unspecified atom stereocenters. The van der Waals surface area contributed by atoms with Crippen LogP contribution in [0.15, 0.2) is 170 Å². The van der Waals surface area contributed by atoms with Gasteiger partial charge in [0.15, 0.2) is 5.82 Å². The molecule has 0 saturated heterocycles. The average molecular weight is 654 g/mol. The van der Waals surface area contributed by atoms with Gasteiger partial charge in [0.25, 0.3) is 0 Å². The summed E-state index contributed by atoms with van der Waals surface area (Å²) in [7, 11) is 0. The summed E-state index contributed by atoms with van der Waals surface area (Å²) in [6.45, 7) is 2.15. The smallest absolute Gasteiger partial charge is 0.160 e. The van der Waals surface area contributed by atoms with Crippen molar-refractivity contribution in [3.63, 3.8) is 0 Å². The summed E-state index contributed by atoms with van der Waals surface area (Å²) in [5.74, 6) is 0.669. The van der Waals surface area contributed by atoms with Gasteiger partial charge in [-0.2, -0.15) is 0 Å². The Bertz CT molecular complexity index is 2620. The molecular weight excluding hydrogens is 623 g/mol. The third-order valence-electron chi connectivity index (χ3n) is 9.30. The molecule has 5 aromatic carbocycles. The van der Waals surface area contributed by atoms with Gasteiger partial charge in [-0.05, 0) is 60.0 Å². The minimum Gasteiger partial charge on any atom is -0.264 e. The van der Waals surface area contributed by atoms with Crippen molar-refractivity contribution in [1.82, 2.24) is 24.9 Å². The SMILES string of the molecule is Cc1cc(-c2cccc(-c3ccc(-c4nc(-c5ccccc5)cc(-c5cccnc5)n4)cc3)c2)nc2c1ccc1ccc(-c3ccccc3)nc12. The van der Waals surface area contributed by atoms with Gasteiger partial charge >= 0.3 is 0 Å². The number of pyridine rings is 3. The fourth-order valence-electron chi connectivity index (χ4n) is 6.62. The average Bonchev–Trinajstić information content (AvgIpc) is 3.21. The first-order chi connectivity index (χ1) is 25.2. The first kappa shape index (κ1) is 30.2. The Morgan fingerprint density at radius 1 is 0.373 bits per heavy atom. The van der Waals surface area contributed by atoms with Gasteiger partial charge in [0, 0.05) is 51.0 Å². The van der Waals surface area contributed by atoms with Gasteiger partial charge in [0.05, 0.1) is 33.8 Å². The lowest BCUT2D eigenvalue weighted by Gasteiger charge is -2.12. The number of fused-ring (bicyclic) bond motifs is 3. The van der Waals surface area contributed by atoms with Crippen molar-refractivity contribution in [3.8, 4) is 67.5 Å². The normalized spacial score (nSPS) is 11.2. The number of aromatic nitrogens is 5. The van der Waals surface area contributed by atoms with Crippen LogP contribution in [0.4, 0.5) is 0 Å². The van der Waals surface area contributed by atoms with E-state index in [9.17, 15) is 0 Å². The van der Waals surface area contributed by atoms with Crippen molar-refractivity contribution >= 4 is 21.8 Å². The molecule has 51 heavy (non-hydrogen) atoms. The first-order valence-corrected chi connectivity index (χ1v) is 17.0.